The Bertz CT molecular complexity index is 726. The summed E-state index contributed by atoms with van der Waals surface area (Å²) in [5.74, 6) is -0.813. The normalized spacial score (nSPS) is 8.32. The van der Waals surface area contributed by atoms with E-state index >= 15 is 0 Å². The van der Waals surface area contributed by atoms with Crippen molar-refractivity contribution >= 4 is 11.9 Å². The van der Waals surface area contributed by atoms with Crippen molar-refractivity contribution in [3.63, 3.8) is 0 Å². The quantitative estimate of drug-likeness (QED) is 0.377. The van der Waals surface area contributed by atoms with Crippen molar-refractivity contribution in [2.45, 2.75) is 12.8 Å². The second-order valence-electron chi connectivity index (χ2n) is 5.53. The molecule has 2 N–H and O–H groups in total. The molecule has 0 bridgehead atoms. The number of carboxylic acids is 1. The van der Waals surface area contributed by atoms with E-state index in [1.807, 2.05) is 48.5 Å². The third-order valence-electron chi connectivity index (χ3n) is 3.36. The average molecular weight is 570 g/mol. The Labute approximate surface area is 237 Å². The number of carbonyl (C=O) groups excluding carboxylic acids is 1. The molecule has 2 aromatic rings. The first-order chi connectivity index (χ1) is 14.0. The summed E-state index contributed by atoms with van der Waals surface area (Å²) < 4.78 is 0. The molecule has 0 aromatic heterocycles. The number of carbonyl (C=O) groups is 2. The van der Waals surface area contributed by atoms with Crippen LogP contribution in [0.1, 0.15) is 11.1 Å². The number of hydrogen-bond acceptors (Lipinski definition) is 3. The molecular formula is C24H28N2O3Y2-4. The molecule has 31 heavy (non-hydrogen) atoms. The van der Waals surface area contributed by atoms with Gasteiger partial charge in [0, 0.05) is 65.4 Å². The number of benzene rings is 2. The summed E-state index contributed by atoms with van der Waals surface area (Å²) in [5.41, 5.74) is 1.83. The zero-order valence-corrected chi connectivity index (χ0v) is 23.5. The fourth-order valence-corrected chi connectivity index (χ4v) is 2.02. The predicted molar refractivity (Wildman–Crippen MR) is 116 cm³/mol. The second-order valence-corrected chi connectivity index (χ2v) is 5.53. The molecule has 0 unspecified atom stereocenters. The van der Waals surface area contributed by atoms with E-state index in [4.69, 9.17) is 5.11 Å². The van der Waals surface area contributed by atoms with Crippen LogP contribution in [0.4, 0.5) is 0 Å². The molecule has 0 aliphatic carbocycles. The molecular weight excluding hydrogens is 542 g/mol. The number of aliphatic carboxylic acids is 1. The van der Waals surface area contributed by atoms with Gasteiger partial charge in [0.1, 0.15) is 0 Å². The molecule has 0 saturated heterocycles. The van der Waals surface area contributed by atoms with Gasteiger partial charge < -0.3 is 40.2 Å². The van der Waals surface area contributed by atoms with Crippen molar-refractivity contribution < 1.29 is 80.1 Å². The maximum atomic E-state index is 11.6. The summed E-state index contributed by atoms with van der Waals surface area (Å²) in [4.78, 5) is 23.1. The zero-order chi connectivity index (χ0) is 21.9. The summed E-state index contributed by atoms with van der Waals surface area (Å²) in [5, 5.41) is 11.0. The number of rotatable bonds is 8. The van der Waals surface area contributed by atoms with Gasteiger partial charge in [-0.2, -0.15) is 12.8 Å². The Morgan fingerprint density at radius 3 is 1.65 bits per heavy atom. The first-order valence-electron chi connectivity index (χ1n) is 8.94. The average Bonchev–Trinajstić information content (AvgIpc) is 2.71. The molecule has 2 radical (unpaired) electrons. The largest absolute Gasteiger partial charge is 0.592 e. The van der Waals surface area contributed by atoms with Gasteiger partial charge in [0.05, 0.1) is 12.3 Å². The van der Waals surface area contributed by atoms with Gasteiger partial charge in [0.2, 0.25) is 0 Å². The molecule has 1 amide bonds. The number of nitrogens with one attached hydrogen (secondary N) is 1. The van der Waals surface area contributed by atoms with E-state index < -0.39 is 5.97 Å². The summed E-state index contributed by atoms with van der Waals surface area (Å²) in [6.45, 7) is 14.8. The van der Waals surface area contributed by atoms with Crippen LogP contribution in [0.2, 0.25) is 0 Å². The number of carboxylic acid groups (broad SMARTS) is 1. The van der Waals surface area contributed by atoms with Gasteiger partial charge in [-0.3, -0.25) is 11.4 Å². The fourth-order valence-electron chi connectivity index (χ4n) is 2.02. The first-order valence-corrected chi connectivity index (χ1v) is 8.94. The van der Waals surface area contributed by atoms with Gasteiger partial charge >= 0.3 is 5.97 Å². The Morgan fingerprint density at radius 1 is 0.903 bits per heavy atom. The van der Waals surface area contributed by atoms with Crippen LogP contribution in [0.5, 0.6) is 0 Å². The molecule has 0 saturated carbocycles. The minimum atomic E-state index is -0.786. The van der Waals surface area contributed by atoms with Gasteiger partial charge in [-0.25, -0.2) is 0 Å². The molecule has 0 fully saturated rings. The summed E-state index contributed by atoms with van der Waals surface area (Å²) in [6.07, 6.45) is 5.48. The summed E-state index contributed by atoms with van der Waals surface area (Å²) in [6, 6.07) is 18.7. The van der Waals surface area contributed by atoms with Gasteiger partial charge in [0.25, 0.3) is 0 Å². The number of hydrogen-bond donors (Lipinski definition) is 2. The van der Waals surface area contributed by atoms with Gasteiger partial charge in [-0.15, -0.1) is 13.1 Å². The second kappa shape index (κ2) is 23.5. The zero-order valence-electron chi connectivity index (χ0n) is 17.8. The minimum absolute atomic E-state index is 0. The standard InChI is InChI=1S/C12H13NO.C8H8O2.C4H7N.2Y/c1-3-13(4-2)12(14)10-11-8-6-5-7-9-11;9-8(10)6-7-4-2-1-3-5-7;1-3-5-4-2;;/h5-9H,1-3,10H2;1-5H,6H2,(H,9,10);5H,1-3H2;;/q-2;;-2;;. The van der Waals surface area contributed by atoms with E-state index in [9.17, 15) is 9.59 Å². The Morgan fingerprint density at radius 2 is 1.35 bits per heavy atom. The van der Waals surface area contributed by atoms with Gasteiger partial charge in [-0.1, -0.05) is 66.2 Å². The van der Waals surface area contributed by atoms with E-state index in [2.05, 4.69) is 44.7 Å². The number of nitrogens with zero attached hydrogens (tertiary/aromatic N) is 1. The van der Waals surface area contributed by atoms with E-state index in [0.29, 0.717) is 19.5 Å². The van der Waals surface area contributed by atoms with Crippen molar-refractivity contribution in [3.05, 3.63) is 111 Å². The SMILES string of the molecule is C=[C-]N(C[CH2-])C(=O)Cc1ccccc1.C=[C-]NC[CH2-].O=C(O)Cc1ccccc1.[Y].[Y]. The summed E-state index contributed by atoms with van der Waals surface area (Å²) in [7, 11) is 0. The van der Waals surface area contributed by atoms with Crippen molar-refractivity contribution in [2.75, 3.05) is 13.1 Å². The summed E-state index contributed by atoms with van der Waals surface area (Å²) >= 11 is 0. The molecule has 0 aliphatic heterocycles. The van der Waals surface area contributed by atoms with E-state index in [1.54, 1.807) is 12.1 Å². The first kappa shape index (κ1) is 34.5. The molecule has 0 spiro atoms. The smallest absolute Gasteiger partial charge is 0.307 e. The minimum Gasteiger partial charge on any atom is -0.592 e. The van der Waals surface area contributed by atoms with Crippen molar-refractivity contribution in [3.8, 4) is 0 Å². The van der Waals surface area contributed by atoms with Crippen LogP contribution < -0.4 is 5.32 Å². The van der Waals surface area contributed by atoms with E-state index in [1.165, 1.54) is 4.90 Å². The van der Waals surface area contributed by atoms with Crippen molar-refractivity contribution in [2.24, 2.45) is 0 Å². The maximum Gasteiger partial charge on any atom is 0.307 e. The topological polar surface area (TPSA) is 69.6 Å². The van der Waals surface area contributed by atoms with Gasteiger partial charge in [0.15, 0.2) is 0 Å². The molecule has 2 aromatic carbocycles. The molecule has 2 rings (SSSR count). The van der Waals surface area contributed by atoms with Crippen molar-refractivity contribution in [1.29, 1.82) is 0 Å². The molecule has 0 atom stereocenters. The monoisotopic (exact) mass is 570 g/mol. The van der Waals surface area contributed by atoms with Crippen LogP contribution in [0, 0.1) is 26.2 Å². The van der Waals surface area contributed by atoms with Gasteiger partial charge in [-0.05, 0) is 12.0 Å². The molecule has 0 aliphatic rings. The van der Waals surface area contributed by atoms with Crippen LogP contribution in [-0.2, 0) is 87.8 Å². The third-order valence-corrected chi connectivity index (χ3v) is 3.36. The molecule has 0 heterocycles. The van der Waals surface area contributed by atoms with Crippen LogP contribution in [-0.4, -0.2) is 35.0 Å². The Balaban J connectivity index is -0.000000407. The molecule has 5 nitrogen and oxygen atoms in total. The number of amides is 1. The van der Waals surface area contributed by atoms with Crippen LogP contribution >= 0.6 is 0 Å². The maximum absolute atomic E-state index is 11.6. The van der Waals surface area contributed by atoms with Crippen LogP contribution in [0.15, 0.2) is 73.8 Å². The van der Waals surface area contributed by atoms with Crippen LogP contribution in [0.25, 0.3) is 0 Å². The third kappa shape index (κ3) is 19.3. The fraction of sp³-hybridized carbons (Fsp3) is 0.167. The Hall–Kier alpha value is -1.13. The molecule has 162 valence electrons. The molecule has 7 heteroatoms. The van der Waals surface area contributed by atoms with Crippen molar-refractivity contribution in [1.82, 2.24) is 10.2 Å². The van der Waals surface area contributed by atoms with Crippen LogP contribution in [0.3, 0.4) is 0 Å². The predicted octanol–water partition coefficient (Wildman–Crippen LogP) is 3.50. The van der Waals surface area contributed by atoms with E-state index in [-0.39, 0.29) is 77.7 Å². The van der Waals surface area contributed by atoms with E-state index in [0.717, 1.165) is 11.1 Å². The Kier molecular flexibility index (Phi) is 26.2.